The number of hydrogen-bond donors (Lipinski definition) is 1. The van der Waals surface area contributed by atoms with E-state index in [2.05, 4.69) is 15.3 Å². The molecule has 1 saturated carbocycles. The first kappa shape index (κ1) is 25.2. The number of amides is 1. The summed E-state index contributed by atoms with van der Waals surface area (Å²) in [6, 6.07) is 2.23. The van der Waals surface area contributed by atoms with E-state index in [9.17, 15) is 26.7 Å². The zero-order chi connectivity index (χ0) is 24.8. The molecule has 1 aliphatic heterocycles. The second kappa shape index (κ2) is 9.28. The summed E-state index contributed by atoms with van der Waals surface area (Å²) >= 11 is 17.8. The lowest BCUT2D eigenvalue weighted by Crippen LogP contribution is -2.45. The van der Waals surface area contributed by atoms with Crippen molar-refractivity contribution in [2.45, 2.75) is 43.8 Å². The van der Waals surface area contributed by atoms with Crippen molar-refractivity contribution in [3.63, 3.8) is 0 Å². The Bertz CT molecular complexity index is 1090. The van der Waals surface area contributed by atoms with Crippen molar-refractivity contribution >= 4 is 46.7 Å². The van der Waals surface area contributed by atoms with E-state index in [0.717, 1.165) is 31.2 Å². The molecule has 2 aromatic rings. The molecular weight excluding hydrogens is 526 g/mol. The maximum Gasteiger partial charge on any atom is 0.400 e. The van der Waals surface area contributed by atoms with Gasteiger partial charge in [-0.25, -0.2) is 18.7 Å². The van der Waals surface area contributed by atoms with Crippen molar-refractivity contribution in [1.29, 1.82) is 0 Å². The molecule has 1 N–H and O–H groups in total. The number of hydrogen-bond acceptors (Lipinski definition) is 4. The lowest BCUT2D eigenvalue weighted by Gasteiger charge is -2.32. The van der Waals surface area contributed by atoms with Crippen molar-refractivity contribution in [3.8, 4) is 0 Å². The van der Waals surface area contributed by atoms with Crippen LogP contribution in [0.15, 0.2) is 18.3 Å². The molecule has 13 heteroatoms. The van der Waals surface area contributed by atoms with E-state index in [1.165, 1.54) is 4.90 Å². The van der Waals surface area contributed by atoms with Crippen LogP contribution in [-0.2, 0) is 16.8 Å². The van der Waals surface area contributed by atoms with Gasteiger partial charge in [-0.05, 0) is 37.0 Å². The van der Waals surface area contributed by atoms with Gasteiger partial charge in [0, 0.05) is 37.3 Å². The van der Waals surface area contributed by atoms with Gasteiger partial charge in [0.1, 0.15) is 11.1 Å². The third-order valence-corrected chi connectivity index (χ3v) is 7.32. The van der Waals surface area contributed by atoms with Gasteiger partial charge in [-0.1, -0.05) is 34.8 Å². The molecule has 4 rings (SSSR count). The van der Waals surface area contributed by atoms with Crippen LogP contribution in [-0.4, -0.2) is 35.1 Å². The molecule has 1 aromatic carbocycles. The summed E-state index contributed by atoms with van der Waals surface area (Å²) in [7, 11) is 0. The number of anilines is 1. The molecule has 1 amide bonds. The highest BCUT2D eigenvalue weighted by Gasteiger charge is 2.59. The Morgan fingerprint density at radius 3 is 2.41 bits per heavy atom. The molecule has 1 saturated heterocycles. The third-order valence-electron chi connectivity index (χ3n) is 6.12. The van der Waals surface area contributed by atoms with Crippen molar-refractivity contribution in [3.05, 3.63) is 50.2 Å². The Morgan fingerprint density at radius 2 is 1.85 bits per heavy atom. The summed E-state index contributed by atoms with van der Waals surface area (Å²) in [4.78, 5) is 20.9. The highest BCUT2D eigenvalue weighted by atomic mass is 35.5. The minimum Gasteiger partial charge on any atom is -0.352 e. The Labute approximate surface area is 206 Å². The van der Waals surface area contributed by atoms with E-state index in [4.69, 9.17) is 34.8 Å². The predicted octanol–water partition coefficient (Wildman–Crippen LogP) is 6.11. The Kier molecular flexibility index (Phi) is 6.87. The monoisotopic (exact) mass is 542 g/mol. The molecular formula is C21H18Cl3F5N4O. The maximum atomic E-state index is 14.3. The standard InChI is InChI=1S/C21H18Cl3F5N4O/c22-13-5-12(6-14(23)15(13)24)20(21(27,28)29)3-4-33(9-20)19-31-8-11(16(32-19)17(25)26)7-30-18(34)10-1-2-10/h5-6,8,10,17H,1-4,7,9H2,(H,30,34). The first-order chi connectivity index (χ1) is 15.9. The van der Waals surface area contributed by atoms with Crippen LogP contribution in [0.4, 0.5) is 27.9 Å². The summed E-state index contributed by atoms with van der Waals surface area (Å²) in [6.07, 6.45) is -5.48. The van der Waals surface area contributed by atoms with E-state index >= 15 is 0 Å². The lowest BCUT2D eigenvalue weighted by molar-refractivity contribution is -0.184. The quantitative estimate of drug-likeness (QED) is 0.353. The van der Waals surface area contributed by atoms with E-state index in [-0.39, 0.29) is 57.1 Å². The minimum absolute atomic E-state index is 0.00490. The minimum atomic E-state index is -4.71. The zero-order valence-corrected chi connectivity index (χ0v) is 19.7. The van der Waals surface area contributed by atoms with Gasteiger partial charge in [0.2, 0.25) is 11.9 Å². The summed E-state index contributed by atoms with van der Waals surface area (Å²) in [6.45, 7) is -0.952. The number of benzene rings is 1. The van der Waals surface area contributed by atoms with Crippen molar-refractivity contribution in [2.24, 2.45) is 5.92 Å². The fourth-order valence-corrected chi connectivity index (χ4v) is 4.60. The van der Waals surface area contributed by atoms with Gasteiger partial charge < -0.3 is 10.2 Å². The molecule has 34 heavy (non-hydrogen) atoms. The highest BCUT2D eigenvalue weighted by Crippen LogP contribution is 2.50. The lowest BCUT2D eigenvalue weighted by atomic mass is 9.79. The number of aromatic nitrogens is 2. The Balaban J connectivity index is 1.62. The van der Waals surface area contributed by atoms with E-state index in [0.29, 0.717) is 0 Å². The van der Waals surface area contributed by atoms with Gasteiger partial charge in [-0.15, -0.1) is 0 Å². The molecule has 1 aromatic heterocycles. The van der Waals surface area contributed by atoms with Crippen LogP contribution in [0.25, 0.3) is 0 Å². The molecule has 2 heterocycles. The first-order valence-electron chi connectivity index (χ1n) is 10.3. The first-order valence-corrected chi connectivity index (χ1v) is 11.4. The van der Waals surface area contributed by atoms with Gasteiger partial charge in [-0.3, -0.25) is 4.79 Å². The van der Waals surface area contributed by atoms with Crippen LogP contribution in [0, 0.1) is 5.92 Å². The fraction of sp³-hybridized carbons (Fsp3) is 0.476. The fourth-order valence-electron chi connectivity index (χ4n) is 4.00. The van der Waals surface area contributed by atoms with Crippen molar-refractivity contribution in [2.75, 3.05) is 18.0 Å². The zero-order valence-electron chi connectivity index (χ0n) is 17.4. The van der Waals surface area contributed by atoms with Gasteiger partial charge in [0.25, 0.3) is 6.43 Å². The number of rotatable bonds is 6. The van der Waals surface area contributed by atoms with Crippen molar-refractivity contribution < 1.29 is 26.7 Å². The molecule has 2 aliphatic rings. The molecule has 2 fully saturated rings. The molecule has 0 radical (unpaired) electrons. The van der Waals surface area contributed by atoms with E-state index in [1.807, 2.05) is 0 Å². The predicted molar refractivity (Wildman–Crippen MR) is 118 cm³/mol. The van der Waals surface area contributed by atoms with Crippen LogP contribution in [0.2, 0.25) is 15.1 Å². The second-order valence-electron chi connectivity index (χ2n) is 8.38. The Hall–Kier alpha value is -1.91. The van der Waals surface area contributed by atoms with Crippen LogP contribution in [0.1, 0.15) is 42.5 Å². The van der Waals surface area contributed by atoms with Gasteiger partial charge in [0.15, 0.2) is 0 Å². The van der Waals surface area contributed by atoms with Crippen LogP contribution < -0.4 is 10.2 Å². The molecule has 5 nitrogen and oxygen atoms in total. The summed E-state index contributed by atoms with van der Waals surface area (Å²) in [5, 5.41) is 2.25. The molecule has 1 atom stereocenters. The average molecular weight is 544 g/mol. The van der Waals surface area contributed by atoms with E-state index < -0.39 is 36.7 Å². The summed E-state index contributed by atoms with van der Waals surface area (Å²) in [5.41, 5.74) is -3.19. The molecule has 1 unspecified atom stereocenters. The maximum absolute atomic E-state index is 14.3. The van der Waals surface area contributed by atoms with Gasteiger partial charge >= 0.3 is 6.18 Å². The number of carbonyl (C=O) groups is 1. The number of halogens is 8. The third kappa shape index (κ3) is 4.77. The number of nitrogens with one attached hydrogen (secondary N) is 1. The van der Waals surface area contributed by atoms with Crippen LogP contribution in [0.3, 0.4) is 0 Å². The number of nitrogens with zero attached hydrogens (tertiary/aromatic N) is 3. The SMILES string of the molecule is O=C(NCc1cnc(N2CCC(c3cc(Cl)c(Cl)c(Cl)c3)(C(F)(F)F)C2)nc1C(F)F)C1CC1. The average Bonchev–Trinajstić information content (AvgIpc) is 3.52. The van der Waals surface area contributed by atoms with Crippen LogP contribution >= 0.6 is 34.8 Å². The summed E-state index contributed by atoms with van der Waals surface area (Å²) < 4.78 is 70.3. The number of carbonyl (C=O) groups excluding carboxylic acids is 1. The molecule has 184 valence electrons. The highest BCUT2D eigenvalue weighted by molar-refractivity contribution is 6.48. The van der Waals surface area contributed by atoms with Gasteiger partial charge in [-0.2, -0.15) is 13.2 Å². The van der Waals surface area contributed by atoms with Crippen molar-refractivity contribution in [1.82, 2.24) is 15.3 Å². The number of alkyl halides is 5. The molecule has 1 aliphatic carbocycles. The van der Waals surface area contributed by atoms with Gasteiger partial charge in [0.05, 0.1) is 15.1 Å². The Morgan fingerprint density at radius 1 is 1.21 bits per heavy atom. The smallest absolute Gasteiger partial charge is 0.352 e. The van der Waals surface area contributed by atoms with Crippen LogP contribution in [0.5, 0.6) is 0 Å². The van der Waals surface area contributed by atoms with E-state index in [1.54, 1.807) is 0 Å². The molecule has 0 bridgehead atoms. The normalized spacial score (nSPS) is 20.8. The topological polar surface area (TPSA) is 58.1 Å². The second-order valence-corrected chi connectivity index (χ2v) is 9.57. The molecule has 0 spiro atoms. The summed E-state index contributed by atoms with van der Waals surface area (Å²) in [5.74, 6) is -0.603. The largest absolute Gasteiger partial charge is 0.400 e.